The van der Waals surface area contributed by atoms with Gasteiger partial charge in [0, 0.05) is 12.6 Å². The highest BCUT2D eigenvalue weighted by molar-refractivity contribution is 5.74. The molecule has 1 unspecified atom stereocenters. The third kappa shape index (κ3) is 6.13. The van der Waals surface area contributed by atoms with Gasteiger partial charge < -0.3 is 15.4 Å². The molecule has 0 aliphatic rings. The first-order valence-electron chi connectivity index (χ1n) is 6.44. The highest BCUT2D eigenvalue weighted by Gasteiger charge is 2.03. The summed E-state index contributed by atoms with van der Waals surface area (Å²) >= 11 is 0. The Morgan fingerprint density at radius 1 is 1.33 bits per heavy atom. The van der Waals surface area contributed by atoms with Crippen molar-refractivity contribution in [1.29, 1.82) is 0 Å². The Kier molecular flexibility index (Phi) is 6.69. The third-order valence-corrected chi connectivity index (χ3v) is 2.61. The van der Waals surface area contributed by atoms with E-state index in [2.05, 4.69) is 10.6 Å². The predicted octanol–water partition coefficient (Wildman–Crippen LogP) is 2.55. The van der Waals surface area contributed by atoms with Crippen molar-refractivity contribution in [2.75, 3.05) is 13.2 Å². The molecule has 0 aliphatic carbocycles. The van der Waals surface area contributed by atoms with Crippen LogP contribution in [-0.2, 0) is 0 Å². The van der Waals surface area contributed by atoms with Crippen molar-refractivity contribution in [2.24, 2.45) is 0 Å². The maximum absolute atomic E-state index is 11.4. The first kappa shape index (κ1) is 14.4. The van der Waals surface area contributed by atoms with E-state index in [1.165, 1.54) is 0 Å². The molecule has 0 bridgehead atoms. The molecule has 0 saturated heterocycles. The lowest BCUT2D eigenvalue weighted by Crippen LogP contribution is -2.41. The number of para-hydroxylation sites is 1. The smallest absolute Gasteiger partial charge is 0.314 e. The first-order valence-corrected chi connectivity index (χ1v) is 6.44. The van der Waals surface area contributed by atoms with Gasteiger partial charge in [-0.3, -0.25) is 0 Å². The Hall–Kier alpha value is -1.71. The molecule has 0 fully saturated rings. The van der Waals surface area contributed by atoms with Gasteiger partial charge >= 0.3 is 6.03 Å². The summed E-state index contributed by atoms with van der Waals surface area (Å²) in [5.41, 5.74) is 0. The fourth-order valence-electron chi connectivity index (χ4n) is 1.36. The normalized spacial score (nSPS) is 11.7. The monoisotopic (exact) mass is 250 g/mol. The maximum Gasteiger partial charge on any atom is 0.314 e. The van der Waals surface area contributed by atoms with Crippen molar-refractivity contribution in [3.05, 3.63) is 30.3 Å². The molecule has 2 amide bonds. The molecule has 0 aromatic heterocycles. The van der Waals surface area contributed by atoms with Gasteiger partial charge in [0.05, 0.1) is 6.61 Å². The quantitative estimate of drug-likeness (QED) is 0.731. The standard InChI is InChI=1S/C14H22N2O2/c1-3-12(2)16-14(17)15-10-7-11-18-13-8-5-4-6-9-13/h4-6,8-9,12H,3,7,10-11H2,1-2H3,(H2,15,16,17). The van der Waals surface area contributed by atoms with Crippen LogP contribution < -0.4 is 15.4 Å². The Balaban J connectivity index is 2.03. The van der Waals surface area contributed by atoms with Crippen LogP contribution in [-0.4, -0.2) is 25.2 Å². The van der Waals surface area contributed by atoms with Gasteiger partial charge in [0.2, 0.25) is 0 Å². The number of carbonyl (C=O) groups is 1. The predicted molar refractivity (Wildman–Crippen MR) is 72.8 cm³/mol. The second kappa shape index (κ2) is 8.39. The average Bonchev–Trinajstić information content (AvgIpc) is 2.39. The fraction of sp³-hybridized carbons (Fsp3) is 0.500. The summed E-state index contributed by atoms with van der Waals surface area (Å²) in [5, 5.41) is 5.65. The van der Waals surface area contributed by atoms with Gasteiger partial charge in [-0.2, -0.15) is 0 Å². The van der Waals surface area contributed by atoms with Crippen molar-refractivity contribution in [2.45, 2.75) is 32.7 Å². The van der Waals surface area contributed by atoms with E-state index in [1.54, 1.807) is 0 Å². The number of rotatable bonds is 7. The highest BCUT2D eigenvalue weighted by Crippen LogP contribution is 2.07. The van der Waals surface area contributed by atoms with Crippen LogP contribution in [0, 0.1) is 0 Å². The summed E-state index contributed by atoms with van der Waals surface area (Å²) in [7, 11) is 0. The van der Waals surface area contributed by atoms with Crippen molar-refractivity contribution < 1.29 is 9.53 Å². The fourth-order valence-corrected chi connectivity index (χ4v) is 1.36. The summed E-state index contributed by atoms with van der Waals surface area (Å²) in [4.78, 5) is 11.4. The molecular weight excluding hydrogens is 228 g/mol. The van der Waals surface area contributed by atoms with Crippen LogP contribution >= 0.6 is 0 Å². The van der Waals surface area contributed by atoms with E-state index >= 15 is 0 Å². The zero-order valence-corrected chi connectivity index (χ0v) is 11.1. The second-order valence-corrected chi connectivity index (χ2v) is 4.22. The number of hydrogen-bond acceptors (Lipinski definition) is 2. The minimum Gasteiger partial charge on any atom is -0.494 e. The van der Waals surface area contributed by atoms with Crippen LogP contribution in [0.15, 0.2) is 30.3 Å². The first-order chi connectivity index (χ1) is 8.72. The van der Waals surface area contributed by atoms with Gasteiger partial charge in [-0.25, -0.2) is 4.79 Å². The molecule has 1 atom stereocenters. The van der Waals surface area contributed by atoms with Crippen LogP contribution in [0.2, 0.25) is 0 Å². The van der Waals surface area contributed by atoms with Gasteiger partial charge in [0.1, 0.15) is 5.75 Å². The van der Waals surface area contributed by atoms with E-state index in [4.69, 9.17) is 4.74 Å². The second-order valence-electron chi connectivity index (χ2n) is 4.22. The molecule has 100 valence electrons. The summed E-state index contributed by atoms with van der Waals surface area (Å²) in [6.45, 7) is 5.25. The van der Waals surface area contributed by atoms with Gasteiger partial charge in [0.15, 0.2) is 0 Å². The van der Waals surface area contributed by atoms with Crippen molar-refractivity contribution in [3.63, 3.8) is 0 Å². The number of urea groups is 1. The summed E-state index contributed by atoms with van der Waals surface area (Å²) in [6, 6.07) is 9.77. The van der Waals surface area contributed by atoms with E-state index < -0.39 is 0 Å². The Bertz CT molecular complexity index is 341. The topological polar surface area (TPSA) is 50.4 Å². The molecular formula is C14H22N2O2. The zero-order chi connectivity index (χ0) is 13.2. The third-order valence-electron chi connectivity index (χ3n) is 2.61. The lowest BCUT2D eigenvalue weighted by atomic mass is 10.3. The molecule has 0 radical (unpaired) electrons. The lowest BCUT2D eigenvalue weighted by Gasteiger charge is -2.12. The Morgan fingerprint density at radius 2 is 2.06 bits per heavy atom. The molecule has 1 aromatic carbocycles. The Labute approximate surface area is 109 Å². The van der Waals surface area contributed by atoms with E-state index in [1.807, 2.05) is 44.2 Å². The number of benzene rings is 1. The lowest BCUT2D eigenvalue weighted by molar-refractivity contribution is 0.236. The van der Waals surface area contributed by atoms with E-state index in [9.17, 15) is 4.79 Å². The number of ether oxygens (including phenoxy) is 1. The number of amides is 2. The van der Waals surface area contributed by atoms with Gasteiger partial charge in [-0.15, -0.1) is 0 Å². The van der Waals surface area contributed by atoms with E-state index in [-0.39, 0.29) is 12.1 Å². The molecule has 0 aliphatic heterocycles. The molecule has 4 heteroatoms. The van der Waals surface area contributed by atoms with Gasteiger partial charge in [-0.1, -0.05) is 25.1 Å². The summed E-state index contributed by atoms with van der Waals surface area (Å²) < 4.78 is 5.52. The SMILES string of the molecule is CCC(C)NC(=O)NCCCOc1ccccc1. The van der Waals surface area contributed by atoms with Gasteiger partial charge in [-0.05, 0) is 31.9 Å². The molecule has 0 spiro atoms. The molecule has 0 heterocycles. The molecule has 1 rings (SSSR count). The van der Waals surface area contributed by atoms with Crippen LogP contribution in [0.3, 0.4) is 0 Å². The van der Waals surface area contributed by atoms with Crippen molar-refractivity contribution >= 4 is 6.03 Å². The number of carbonyl (C=O) groups excluding carboxylic acids is 1. The number of hydrogen-bond donors (Lipinski definition) is 2. The number of nitrogens with one attached hydrogen (secondary N) is 2. The van der Waals surface area contributed by atoms with E-state index in [0.29, 0.717) is 13.2 Å². The molecule has 2 N–H and O–H groups in total. The van der Waals surface area contributed by atoms with Crippen molar-refractivity contribution in [1.82, 2.24) is 10.6 Å². The maximum atomic E-state index is 11.4. The minimum atomic E-state index is -0.107. The van der Waals surface area contributed by atoms with Crippen LogP contribution in [0.5, 0.6) is 5.75 Å². The van der Waals surface area contributed by atoms with Crippen LogP contribution in [0.4, 0.5) is 4.79 Å². The van der Waals surface area contributed by atoms with E-state index in [0.717, 1.165) is 18.6 Å². The zero-order valence-electron chi connectivity index (χ0n) is 11.1. The largest absolute Gasteiger partial charge is 0.494 e. The highest BCUT2D eigenvalue weighted by atomic mass is 16.5. The molecule has 0 saturated carbocycles. The van der Waals surface area contributed by atoms with Gasteiger partial charge in [0.25, 0.3) is 0 Å². The summed E-state index contributed by atoms with van der Waals surface area (Å²) in [5.74, 6) is 0.863. The molecule has 4 nitrogen and oxygen atoms in total. The summed E-state index contributed by atoms with van der Waals surface area (Å²) in [6.07, 6.45) is 1.73. The van der Waals surface area contributed by atoms with Crippen LogP contribution in [0.1, 0.15) is 26.7 Å². The average molecular weight is 250 g/mol. The van der Waals surface area contributed by atoms with Crippen LogP contribution in [0.25, 0.3) is 0 Å². The van der Waals surface area contributed by atoms with Crippen molar-refractivity contribution in [3.8, 4) is 5.75 Å². The molecule has 18 heavy (non-hydrogen) atoms. The Morgan fingerprint density at radius 3 is 2.72 bits per heavy atom. The minimum absolute atomic E-state index is 0.107. The molecule has 1 aromatic rings.